The highest BCUT2D eigenvalue weighted by Gasteiger charge is 2.05. The van der Waals surface area contributed by atoms with Gasteiger partial charge in [0.2, 0.25) is 0 Å². The number of ether oxygens (including phenoxy) is 3. The summed E-state index contributed by atoms with van der Waals surface area (Å²) in [5.41, 5.74) is 0. The number of carbonyl (C=O) groups is 1. The second-order valence-electron chi connectivity index (χ2n) is 3.20. The van der Waals surface area contributed by atoms with Crippen LogP contribution in [0.4, 0.5) is 0 Å². The van der Waals surface area contributed by atoms with E-state index in [-0.39, 0.29) is 25.3 Å². The number of esters is 1. The molecule has 5 nitrogen and oxygen atoms in total. The van der Waals surface area contributed by atoms with Crippen molar-refractivity contribution < 1.29 is 24.1 Å². The van der Waals surface area contributed by atoms with Crippen LogP contribution in [0.5, 0.6) is 0 Å². The third-order valence-corrected chi connectivity index (χ3v) is 1.14. The molecule has 0 rings (SSSR count). The average Bonchev–Trinajstić information content (AvgIpc) is 2.12. The fourth-order valence-corrected chi connectivity index (χ4v) is 0.586. The summed E-state index contributed by atoms with van der Waals surface area (Å²) < 4.78 is 14.1. The van der Waals surface area contributed by atoms with Crippen LogP contribution in [0.15, 0.2) is 0 Å². The summed E-state index contributed by atoms with van der Waals surface area (Å²) in [4.78, 5) is 10.4. The molecule has 0 saturated heterocycles. The van der Waals surface area contributed by atoms with Gasteiger partial charge in [0.25, 0.3) is 0 Å². The average molecular weight is 222 g/mol. The summed E-state index contributed by atoms with van der Waals surface area (Å²) >= 11 is 0. The number of hydrogen-bond donors (Lipinski definition) is 1. The van der Waals surface area contributed by atoms with Gasteiger partial charge in [0.15, 0.2) is 0 Å². The van der Waals surface area contributed by atoms with Crippen LogP contribution in [0.25, 0.3) is 0 Å². The van der Waals surface area contributed by atoms with Crippen molar-refractivity contribution in [3.63, 3.8) is 0 Å². The van der Waals surface area contributed by atoms with Crippen molar-refractivity contribution in [3.8, 4) is 0 Å². The van der Waals surface area contributed by atoms with E-state index >= 15 is 0 Å². The molecule has 0 fully saturated rings. The molecular formula is C10H22O5. The molecule has 0 bridgehead atoms. The quantitative estimate of drug-likeness (QED) is 0.690. The molecule has 0 aromatic rings. The zero-order valence-electron chi connectivity index (χ0n) is 10.1. The van der Waals surface area contributed by atoms with E-state index < -0.39 is 6.10 Å². The van der Waals surface area contributed by atoms with Crippen molar-refractivity contribution in [2.75, 3.05) is 27.4 Å². The van der Waals surface area contributed by atoms with Gasteiger partial charge in [-0.2, -0.15) is 0 Å². The van der Waals surface area contributed by atoms with Crippen molar-refractivity contribution in [1.29, 1.82) is 0 Å². The van der Waals surface area contributed by atoms with Crippen molar-refractivity contribution >= 4 is 5.97 Å². The molecule has 0 saturated carbocycles. The number of hydrogen-bond acceptors (Lipinski definition) is 5. The molecule has 0 aliphatic heterocycles. The Bertz CT molecular complexity index is 147. The van der Waals surface area contributed by atoms with Crippen LogP contribution < -0.4 is 0 Å². The largest absolute Gasteiger partial charge is 0.463 e. The number of rotatable bonds is 5. The van der Waals surface area contributed by atoms with Crippen molar-refractivity contribution in [1.82, 2.24) is 0 Å². The monoisotopic (exact) mass is 222 g/mol. The smallest absolute Gasteiger partial charge is 0.302 e. The van der Waals surface area contributed by atoms with Crippen molar-refractivity contribution in [2.45, 2.75) is 33.0 Å². The summed E-state index contributed by atoms with van der Waals surface area (Å²) in [6.45, 7) is 5.27. The van der Waals surface area contributed by atoms with Crippen LogP contribution in [-0.4, -0.2) is 50.7 Å². The van der Waals surface area contributed by atoms with E-state index in [2.05, 4.69) is 4.74 Å². The lowest BCUT2D eigenvalue weighted by Gasteiger charge is -2.13. The van der Waals surface area contributed by atoms with Crippen LogP contribution in [0.2, 0.25) is 0 Å². The first-order chi connectivity index (χ1) is 6.93. The first-order valence-electron chi connectivity index (χ1n) is 4.77. The summed E-state index contributed by atoms with van der Waals surface area (Å²) in [7, 11) is 3.25. The van der Waals surface area contributed by atoms with Crippen LogP contribution >= 0.6 is 0 Å². The Morgan fingerprint density at radius 2 is 1.73 bits per heavy atom. The fourth-order valence-electron chi connectivity index (χ4n) is 0.586. The van der Waals surface area contributed by atoms with Crippen molar-refractivity contribution in [3.05, 3.63) is 0 Å². The van der Waals surface area contributed by atoms with E-state index in [0.717, 1.165) is 0 Å². The predicted molar refractivity (Wildman–Crippen MR) is 56.7 cm³/mol. The minimum absolute atomic E-state index is 0.163. The van der Waals surface area contributed by atoms with Gasteiger partial charge in [-0.3, -0.25) is 4.79 Å². The maximum absolute atomic E-state index is 10.4. The van der Waals surface area contributed by atoms with E-state index in [1.807, 2.05) is 0 Å². The van der Waals surface area contributed by atoms with Gasteiger partial charge in [-0.25, -0.2) is 0 Å². The molecule has 0 spiro atoms. The molecule has 0 amide bonds. The zero-order chi connectivity index (χ0) is 12.3. The summed E-state index contributed by atoms with van der Waals surface area (Å²) in [5.74, 6) is -0.317. The van der Waals surface area contributed by atoms with E-state index in [1.165, 1.54) is 6.92 Å². The topological polar surface area (TPSA) is 65.0 Å². The summed E-state index contributed by atoms with van der Waals surface area (Å²) in [6, 6.07) is 0. The Morgan fingerprint density at radius 1 is 1.27 bits per heavy atom. The maximum Gasteiger partial charge on any atom is 0.302 e. The normalized spacial score (nSPS) is 13.5. The molecule has 5 heteroatoms. The summed E-state index contributed by atoms with van der Waals surface area (Å²) in [6.07, 6.45) is -0.645. The zero-order valence-corrected chi connectivity index (χ0v) is 10.1. The third-order valence-electron chi connectivity index (χ3n) is 1.14. The highest BCUT2D eigenvalue weighted by molar-refractivity contribution is 5.65. The molecule has 0 aliphatic rings. The van der Waals surface area contributed by atoms with E-state index in [9.17, 15) is 4.79 Å². The van der Waals surface area contributed by atoms with Gasteiger partial charge < -0.3 is 19.3 Å². The van der Waals surface area contributed by atoms with Gasteiger partial charge >= 0.3 is 5.97 Å². The molecular weight excluding hydrogens is 200 g/mol. The molecule has 0 aromatic heterocycles. The van der Waals surface area contributed by atoms with Gasteiger partial charge in [-0.05, 0) is 13.8 Å². The van der Waals surface area contributed by atoms with E-state index in [0.29, 0.717) is 0 Å². The molecule has 92 valence electrons. The van der Waals surface area contributed by atoms with Crippen LogP contribution in [0, 0.1) is 0 Å². The molecule has 2 unspecified atom stereocenters. The highest BCUT2D eigenvalue weighted by Crippen LogP contribution is 1.94. The lowest BCUT2D eigenvalue weighted by Crippen LogP contribution is -2.22. The second kappa shape index (κ2) is 11.4. The minimum atomic E-state index is -0.482. The number of aliphatic hydroxyl groups is 1. The molecule has 1 N–H and O–H groups in total. The van der Waals surface area contributed by atoms with Gasteiger partial charge in [0, 0.05) is 21.1 Å². The Labute approximate surface area is 91.3 Å². The molecule has 15 heavy (non-hydrogen) atoms. The van der Waals surface area contributed by atoms with Crippen LogP contribution in [0.1, 0.15) is 20.8 Å². The SMILES string of the molecule is CC(=O)OCC(C)OCC(C)O.COC. The Morgan fingerprint density at radius 3 is 2.07 bits per heavy atom. The lowest BCUT2D eigenvalue weighted by molar-refractivity contribution is -0.145. The Balaban J connectivity index is 0. The predicted octanol–water partition coefficient (Wildman–Crippen LogP) is 0.598. The Kier molecular flexibility index (Phi) is 12.8. The standard InChI is InChI=1S/C8H16O4.C2H6O/c1-6(9)4-11-7(2)5-12-8(3)10;1-3-2/h6-7,9H,4-5H2,1-3H3;1-2H3. The molecule has 2 atom stereocenters. The first kappa shape index (κ1) is 16.8. The molecule has 0 heterocycles. The summed E-state index contributed by atoms with van der Waals surface area (Å²) in [5, 5.41) is 8.85. The van der Waals surface area contributed by atoms with E-state index in [1.54, 1.807) is 28.1 Å². The van der Waals surface area contributed by atoms with Crippen LogP contribution in [-0.2, 0) is 19.0 Å². The van der Waals surface area contributed by atoms with Gasteiger partial charge in [0.1, 0.15) is 6.61 Å². The maximum atomic E-state index is 10.4. The number of carbonyl (C=O) groups excluding carboxylic acids is 1. The molecule has 0 radical (unpaired) electrons. The molecule has 0 aliphatic carbocycles. The second-order valence-corrected chi connectivity index (χ2v) is 3.20. The number of aliphatic hydroxyl groups excluding tert-OH is 1. The number of methoxy groups -OCH3 is 1. The lowest BCUT2D eigenvalue weighted by atomic mass is 10.4. The molecule has 0 aromatic carbocycles. The fraction of sp³-hybridized carbons (Fsp3) is 0.900. The van der Waals surface area contributed by atoms with Crippen LogP contribution in [0.3, 0.4) is 0 Å². The van der Waals surface area contributed by atoms with Crippen molar-refractivity contribution in [2.24, 2.45) is 0 Å². The van der Waals surface area contributed by atoms with Gasteiger partial charge in [-0.1, -0.05) is 0 Å². The minimum Gasteiger partial charge on any atom is -0.463 e. The van der Waals surface area contributed by atoms with Gasteiger partial charge in [0.05, 0.1) is 18.8 Å². The van der Waals surface area contributed by atoms with Gasteiger partial charge in [-0.15, -0.1) is 0 Å². The Hall–Kier alpha value is -0.650. The third kappa shape index (κ3) is 19.7. The highest BCUT2D eigenvalue weighted by atomic mass is 16.6. The first-order valence-corrected chi connectivity index (χ1v) is 4.77. The van der Waals surface area contributed by atoms with E-state index in [4.69, 9.17) is 14.6 Å².